The Bertz CT molecular complexity index is 448. The number of carboxylic acids is 1. The van der Waals surface area contributed by atoms with Gasteiger partial charge in [0.05, 0.1) is 12.2 Å². The second kappa shape index (κ2) is 5.52. The fraction of sp³-hybridized carbons (Fsp3) is 0.941. The molecule has 1 aliphatic heterocycles. The van der Waals surface area contributed by atoms with E-state index in [4.69, 9.17) is 9.31 Å². The molecule has 124 valence electrons. The minimum atomic E-state index is -0.758. The second-order valence-corrected chi connectivity index (χ2v) is 8.69. The Morgan fingerprint density at radius 1 is 1.41 bits per heavy atom. The van der Waals surface area contributed by atoms with E-state index in [1.807, 2.05) is 0 Å². The fourth-order valence-electron chi connectivity index (χ4n) is 5.18. The Kier molecular flexibility index (Phi) is 4.09. The van der Waals surface area contributed by atoms with Crippen molar-refractivity contribution >= 4 is 13.1 Å². The predicted octanol–water partition coefficient (Wildman–Crippen LogP) is 3.61. The van der Waals surface area contributed by atoms with Crippen LogP contribution < -0.4 is 0 Å². The van der Waals surface area contributed by atoms with Gasteiger partial charge in [-0.05, 0) is 48.9 Å². The molecule has 3 saturated carbocycles. The number of fused-ring (bicyclic) bond motifs is 1. The molecule has 0 amide bonds. The normalized spacial score (nSPS) is 37.4. The summed E-state index contributed by atoms with van der Waals surface area (Å²) in [6, 6.07) is 0. The highest BCUT2D eigenvalue weighted by atomic mass is 16.7. The molecule has 2 bridgehead atoms. The number of aliphatic carboxylic acids is 1. The van der Waals surface area contributed by atoms with Crippen LogP contribution in [0.5, 0.6) is 0 Å². The van der Waals surface area contributed by atoms with Crippen LogP contribution in [0.2, 0.25) is 5.82 Å². The highest BCUT2D eigenvalue weighted by Gasteiger charge is 2.65. The molecule has 5 heteroatoms. The van der Waals surface area contributed by atoms with Crippen molar-refractivity contribution in [3.8, 4) is 0 Å². The maximum atomic E-state index is 11.2. The smallest absolute Gasteiger partial charge is 0.461 e. The lowest BCUT2D eigenvalue weighted by atomic mass is 9.44. The molecule has 3 aliphatic carbocycles. The molecule has 0 aromatic heterocycles. The average molecular weight is 308 g/mol. The van der Waals surface area contributed by atoms with Gasteiger partial charge < -0.3 is 14.4 Å². The molecule has 0 aromatic carbocycles. The molecule has 4 aliphatic rings. The van der Waals surface area contributed by atoms with Gasteiger partial charge in [0.2, 0.25) is 0 Å². The van der Waals surface area contributed by atoms with E-state index in [0.717, 1.165) is 18.8 Å². The van der Waals surface area contributed by atoms with Gasteiger partial charge in [0.25, 0.3) is 0 Å². The van der Waals surface area contributed by atoms with E-state index in [2.05, 4.69) is 27.7 Å². The predicted molar refractivity (Wildman–Crippen MR) is 85.6 cm³/mol. The van der Waals surface area contributed by atoms with Gasteiger partial charge in [-0.1, -0.05) is 27.7 Å². The number of rotatable bonds is 5. The minimum Gasteiger partial charge on any atom is -0.481 e. The largest absolute Gasteiger partial charge is 0.481 e. The Morgan fingerprint density at radius 2 is 2.14 bits per heavy atom. The number of carboxylic acid groups (broad SMARTS) is 1. The van der Waals surface area contributed by atoms with E-state index in [0.29, 0.717) is 23.9 Å². The quantitative estimate of drug-likeness (QED) is 0.788. The van der Waals surface area contributed by atoms with Crippen molar-refractivity contribution in [2.75, 3.05) is 6.61 Å². The summed E-state index contributed by atoms with van der Waals surface area (Å²) in [4.78, 5) is 11.2. The van der Waals surface area contributed by atoms with Crippen molar-refractivity contribution in [3.63, 3.8) is 0 Å². The maximum absolute atomic E-state index is 11.2. The summed E-state index contributed by atoms with van der Waals surface area (Å²) in [6.45, 7) is 9.60. The molecule has 3 unspecified atom stereocenters. The highest BCUT2D eigenvalue weighted by Crippen LogP contribution is 2.65. The number of hydrogen-bond donors (Lipinski definition) is 1. The summed E-state index contributed by atoms with van der Waals surface area (Å²) in [7, 11) is -0.341. The zero-order valence-electron chi connectivity index (χ0n) is 14.3. The van der Waals surface area contributed by atoms with Crippen LogP contribution in [-0.2, 0) is 14.1 Å². The van der Waals surface area contributed by atoms with Gasteiger partial charge in [0.1, 0.15) is 0 Å². The summed E-state index contributed by atoms with van der Waals surface area (Å²) in [5.41, 5.74) is 0.188. The summed E-state index contributed by atoms with van der Waals surface area (Å²) in [6.07, 6.45) is 4.51. The first kappa shape index (κ1) is 16.3. The van der Waals surface area contributed by atoms with Crippen LogP contribution in [0.25, 0.3) is 0 Å². The standard InChI is InChI=1S/C17H29BO4/c1-11(2)7-13(9-15(19)20)18-21-10-17(22-18)6-5-12-8-14(17)16(12,3)4/h11-14H,5-10H2,1-4H3,(H,19,20)/t12?,13-,14?,17?/m1/s1. The first-order valence-corrected chi connectivity index (χ1v) is 8.76. The molecular weight excluding hydrogens is 279 g/mol. The summed E-state index contributed by atoms with van der Waals surface area (Å²) < 4.78 is 12.5. The van der Waals surface area contributed by atoms with Crippen LogP contribution in [0.4, 0.5) is 0 Å². The maximum Gasteiger partial charge on any atom is 0.461 e. The third-order valence-electron chi connectivity index (χ3n) is 6.46. The van der Waals surface area contributed by atoms with Crippen molar-refractivity contribution in [1.82, 2.24) is 0 Å². The van der Waals surface area contributed by atoms with Gasteiger partial charge in [-0.15, -0.1) is 0 Å². The van der Waals surface area contributed by atoms with Gasteiger partial charge in [-0.25, -0.2) is 0 Å². The lowest BCUT2D eigenvalue weighted by Gasteiger charge is -2.63. The van der Waals surface area contributed by atoms with Gasteiger partial charge >= 0.3 is 13.1 Å². The van der Waals surface area contributed by atoms with Crippen molar-refractivity contribution in [1.29, 1.82) is 0 Å². The van der Waals surface area contributed by atoms with Crippen LogP contribution in [0.3, 0.4) is 0 Å². The molecule has 1 heterocycles. The fourth-order valence-corrected chi connectivity index (χ4v) is 5.18. The molecule has 1 saturated heterocycles. The summed E-state index contributed by atoms with van der Waals surface area (Å²) in [5, 5.41) is 9.19. The monoisotopic (exact) mass is 308 g/mol. The molecule has 4 atom stereocenters. The highest BCUT2D eigenvalue weighted by molar-refractivity contribution is 6.47. The van der Waals surface area contributed by atoms with E-state index in [1.54, 1.807) is 0 Å². The molecular formula is C17H29BO4. The molecule has 4 fully saturated rings. The first-order valence-electron chi connectivity index (χ1n) is 8.76. The van der Waals surface area contributed by atoms with Crippen LogP contribution in [-0.4, -0.2) is 30.4 Å². The zero-order valence-corrected chi connectivity index (χ0v) is 14.3. The van der Waals surface area contributed by atoms with Crippen LogP contribution in [0.15, 0.2) is 0 Å². The Labute approximate surface area is 134 Å². The van der Waals surface area contributed by atoms with Crippen molar-refractivity contribution < 1.29 is 19.2 Å². The zero-order chi connectivity index (χ0) is 16.1. The lowest BCUT2D eigenvalue weighted by molar-refractivity contribution is -0.183. The van der Waals surface area contributed by atoms with Gasteiger partial charge in [-0.2, -0.15) is 0 Å². The van der Waals surface area contributed by atoms with E-state index >= 15 is 0 Å². The Morgan fingerprint density at radius 3 is 2.68 bits per heavy atom. The summed E-state index contributed by atoms with van der Waals surface area (Å²) in [5.74, 6) is 1.04. The molecule has 22 heavy (non-hydrogen) atoms. The van der Waals surface area contributed by atoms with E-state index in [1.165, 1.54) is 12.8 Å². The molecule has 4 nitrogen and oxygen atoms in total. The van der Waals surface area contributed by atoms with Gasteiger partial charge in [0.15, 0.2) is 0 Å². The van der Waals surface area contributed by atoms with Gasteiger partial charge in [0, 0.05) is 12.2 Å². The van der Waals surface area contributed by atoms with Crippen LogP contribution >= 0.6 is 0 Å². The molecule has 1 N–H and O–H groups in total. The molecule has 0 radical (unpaired) electrons. The topological polar surface area (TPSA) is 55.8 Å². The van der Waals surface area contributed by atoms with Crippen LogP contribution in [0, 0.1) is 23.2 Å². The van der Waals surface area contributed by atoms with Crippen molar-refractivity contribution in [2.45, 2.75) is 71.2 Å². The average Bonchev–Trinajstić information content (AvgIpc) is 2.80. The van der Waals surface area contributed by atoms with E-state index in [-0.39, 0.29) is 25.0 Å². The Hall–Kier alpha value is -0.545. The number of carbonyl (C=O) groups is 1. The minimum absolute atomic E-state index is 0.0437. The third kappa shape index (κ3) is 2.60. The SMILES string of the molecule is CC(C)C[C@H](CC(=O)O)B1OCC2(CCC3CC2C3(C)C)O1. The molecule has 4 rings (SSSR count). The van der Waals surface area contributed by atoms with Crippen LogP contribution in [0.1, 0.15) is 59.8 Å². The third-order valence-corrected chi connectivity index (χ3v) is 6.46. The molecule has 1 spiro atoms. The lowest BCUT2D eigenvalue weighted by Crippen LogP contribution is -2.62. The second-order valence-electron chi connectivity index (χ2n) is 8.69. The van der Waals surface area contributed by atoms with Crippen molar-refractivity contribution in [3.05, 3.63) is 0 Å². The van der Waals surface area contributed by atoms with E-state index in [9.17, 15) is 9.90 Å². The van der Waals surface area contributed by atoms with Gasteiger partial charge in [-0.3, -0.25) is 4.79 Å². The number of hydrogen-bond acceptors (Lipinski definition) is 3. The summed E-state index contributed by atoms with van der Waals surface area (Å²) >= 11 is 0. The molecule has 0 aromatic rings. The van der Waals surface area contributed by atoms with Crippen molar-refractivity contribution in [2.24, 2.45) is 23.2 Å². The Balaban J connectivity index is 1.71. The van der Waals surface area contributed by atoms with E-state index < -0.39 is 5.97 Å². The first-order chi connectivity index (χ1) is 10.2.